The molecule has 3 N–H and O–H groups in total. The van der Waals surface area contributed by atoms with E-state index in [-0.39, 0.29) is 10.6 Å². The van der Waals surface area contributed by atoms with E-state index in [1.807, 2.05) is 0 Å². The van der Waals surface area contributed by atoms with Crippen LogP contribution in [-0.2, 0) is 0 Å². The predicted octanol–water partition coefficient (Wildman–Crippen LogP) is 3.83. The normalized spacial score (nSPS) is 10.4. The molecule has 7 heteroatoms. The molecular formula is C13H8ClF3N2O. The fourth-order valence-corrected chi connectivity index (χ4v) is 1.65. The quantitative estimate of drug-likeness (QED) is 0.668. The van der Waals surface area contributed by atoms with Crippen LogP contribution in [-0.4, -0.2) is 5.84 Å². The number of amidine groups is 1. The van der Waals surface area contributed by atoms with Crippen LogP contribution in [0.15, 0.2) is 30.3 Å². The third-order valence-corrected chi connectivity index (χ3v) is 2.73. The highest BCUT2D eigenvalue weighted by atomic mass is 35.5. The summed E-state index contributed by atoms with van der Waals surface area (Å²) in [5.41, 5.74) is 4.99. The highest BCUT2D eigenvalue weighted by Crippen LogP contribution is 2.32. The van der Waals surface area contributed by atoms with Crippen molar-refractivity contribution in [3.05, 3.63) is 58.4 Å². The molecule has 20 heavy (non-hydrogen) atoms. The van der Waals surface area contributed by atoms with E-state index in [2.05, 4.69) is 0 Å². The van der Waals surface area contributed by atoms with Gasteiger partial charge in [0.15, 0.2) is 29.0 Å². The van der Waals surface area contributed by atoms with Crippen molar-refractivity contribution in [1.29, 1.82) is 5.41 Å². The van der Waals surface area contributed by atoms with E-state index < -0.39 is 34.8 Å². The van der Waals surface area contributed by atoms with Gasteiger partial charge >= 0.3 is 0 Å². The fraction of sp³-hybridized carbons (Fsp3) is 0. The molecule has 0 aliphatic rings. The van der Waals surface area contributed by atoms with Crippen LogP contribution in [0.25, 0.3) is 0 Å². The second-order valence-corrected chi connectivity index (χ2v) is 4.24. The van der Waals surface area contributed by atoms with Gasteiger partial charge in [0, 0.05) is 5.56 Å². The Morgan fingerprint density at radius 2 is 1.75 bits per heavy atom. The molecule has 0 fully saturated rings. The zero-order valence-corrected chi connectivity index (χ0v) is 10.6. The molecule has 2 aromatic rings. The van der Waals surface area contributed by atoms with E-state index in [0.717, 1.165) is 12.1 Å². The van der Waals surface area contributed by atoms with Crippen LogP contribution in [0.1, 0.15) is 5.56 Å². The van der Waals surface area contributed by atoms with Crippen molar-refractivity contribution in [2.45, 2.75) is 0 Å². The number of nitrogens with one attached hydrogen (secondary N) is 1. The van der Waals surface area contributed by atoms with Gasteiger partial charge in [0.1, 0.15) is 5.84 Å². The first-order chi connectivity index (χ1) is 9.40. The van der Waals surface area contributed by atoms with Crippen LogP contribution in [0.2, 0.25) is 5.02 Å². The molecule has 0 unspecified atom stereocenters. The maximum atomic E-state index is 13.7. The maximum Gasteiger partial charge on any atom is 0.198 e. The molecule has 0 aromatic heterocycles. The van der Waals surface area contributed by atoms with E-state index in [1.54, 1.807) is 0 Å². The van der Waals surface area contributed by atoms with Crippen LogP contribution in [0.4, 0.5) is 13.2 Å². The maximum absolute atomic E-state index is 13.7. The van der Waals surface area contributed by atoms with Gasteiger partial charge in [-0.25, -0.2) is 13.2 Å². The Morgan fingerprint density at radius 3 is 2.30 bits per heavy atom. The van der Waals surface area contributed by atoms with Gasteiger partial charge in [-0.3, -0.25) is 5.41 Å². The molecule has 0 aliphatic carbocycles. The molecule has 0 aliphatic heterocycles. The zero-order valence-electron chi connectivity index (χ0n) is 9.88. The molecule has 2 rings (SSSR count). The predicted molar refractivity (Wildman–Crippen MR) is 68.9 cm³/mol. The first-order valence-electron chi connectivity index (χ1n) is 5.35. The highest BCUT2D eigenvalue weighted by molar-refractivity contribution is 6.30. The van der Waals surface area contributed by atoms with E-state index in [1.165, 1.54) is 18.2 Å². The third-order valence-electron chi connectivity index (χ3n) is 2.44. The number of ether oxygens (including phenoxy) is 1. The summed E-state index contributed by atoms with van der Waals surface area (Å²) in [5.74, 6) is -4.84. The molecule has 0 radical (unpaired) electrons. The lowest BCUT2D eigenvalue weighted by atomic mass is 10.2. The second kappa shape index (κ2) is 5.42. The Labute approximate surface area is 117 Å². The molecule has 3 nitrogen and oxygen atoms in total. The summed E-state index contributed by atoms with van der Waals surface area (Å²) in [6, 6.07) is 5.47. The van der Waals surface area contributed by atoms with E-state index in [4.69, 9.17) is 27.5 Å². The van der Waals surface area contributed by atoms with Gasteiger partial charge in [0.25, 0.3) is 0 Å². The number of nitrogens with two attached hydrogens (primary N) is 1. The number of halogens is 4. The minimum atomic E-state index is -1.10. The number of rotatable bonds is 3. The molecule has 0 saturated carbocycles. The van der Waals surface area contributed by atoms with Crippen LogP contribution in [0.3, 0.4) is 0 Å². The molecule has 0 amide bonds. The number of nitrogen functional groups attached to an aromatic ring is 1. The van der Waals surface area contributed by atoms with Gasteiger partial charge in [-0.1, -0.05) is 17.7 Å². The summed E-state index contributed by atoms with van der Waals surface area (Å²) < 4.78 is 45.9. The van der Waals surface area contributed by atoms with Crippen LogP contribution < -0.4 is 10.5 Å². The summed E-state index contributed by atoms with van der Waals surface area (Å²) in [6.45, 7) is 0. The average molecular weight is 301 g/mol. The van der Waals surface area contributed by atoms with Gasteiger partial charge in [0.05, 0.1) is 5.02 Å². The Morgan fingerprint density at radius 1 is 1.15 bits per heavy atom. The molecule has 0 heterocycles. The summed E-state index contributed by atoms with van der Waals surface area (Å²) in [4.78, 5) is 0. The van der Waals surface area contributed by atoms with Gasteiger partial charge in [-0.05, 0) is 24.3 Å². The Kier molecular flexibility index (Phi) is 3.85. The average Bonchev–Trinajstić information content (AvgIpc) is 2.38. The van der Waals surface area contributed by atoms with Crippen LogP contribution in [0.5, 0.6) is 11.5 Å². The zero-order chi connectivity index (χ0) is 14.9. The first kappa shape index (κ1) is 14.2. The largest absolute Gasteiger partial charge is 0.448 e. The molecule has 104 valence electrons. The van der Waals surface area contributed by atoms with Gasteiger partial charge in [0.2, 0.25) is 0 Å². The molecule has 0 saturated heterocycles. The van der Waals surface area contributed by atoms with Crippen LogP contribution in [0, 0.1) is 22.9 Å². The molecule has 0 bridgehead atoms. The lowest BCUT2D eigenvalue weighted by Gasteiger charge is -2.10. The number of hydrogen-bond acceptors (Lipinski definition) is 2. The van der Waals surface area contributed by atoms with Gasteiger partial charge in [-0.15, -0.1) is 0 Å². The molecular weight excluding hydrogens is 293 g/mol. The first-order valence-corrected chi connectivity index (χ1v) is 5.73. The van der Waals surface area contributed by atoms with Crippen molar-refractivity contribution in [2.24, 2.45) is 5.73 Å². The summed E-state index contributed by atoms with van der Waals surface area (Å²) in [6.07, 6.45) is 0. The van der Waals surface area contributed by atoms with Crippen LogP contribution >= 0.6 is 11.6 Å². The molecule has 0 atom stereocenters. The third kappa shape index (κ3) is 2.70. The fourth-order valence-electron chi connectivity index (χ4n) is 1.49. The van der Waals surface area contributed by atoms with E-state index >= 15 is 0 Å². The SMILES string of the molecule is N=C(N)c1cc(F)c(Oc2cccc(Cl)c2F)c(F)c1. The molecule has 2 aromatic carbocycles. The molecule has 0 spiro atoms. The van der Waals surface area contributed by atoms with Crippen molar-refractivity contribution >= 4 is 17.4 Å². The Hall–Kier alpha value is -2.21. The second-order valence-electron chi connectivity index (χ2n) is 3.84. The summed E-state index contributed by atoms with van der Waals surface area (Å²) in [7, 11) is 0. The lowest BCUT2D eigenvalue weighted by molar-refractivity contribution is 0.387. The monoisotopic (exact) mass is 300 g/mol. The standard InChI is InChI=1S/C13H8ClF3N2O/c14-7-2-1-3-10(11(7)17)20-12-8(15)4-6(13(18)19)5-9(12)16/h1-5H,(H3,18,19). The van der Waals surface area contributed by atoms with Crippen molar-refractivity contribution in [1.82, 2.24) is 0 Å². The highest BCUT2D eigenvalue weighted by Gasteiger charge is 2.17. The number of benzene rings is 2. The number of hydrogen-bond donors (Lipinski definition) is 2. The minimum absolute atomic E-state index is 0.140. The topological polar surface area (TPSA) is 59.1 Å². The van der Waals surface area contributed by atoms with Crippen molar-refractivity contribution in [3.63, 3.8) is 0 Å². The Balaban J connectivity index is 2.44. The minimum Gasteiger partial charge on any atom is -0.448 e. The summed E-state index contributed by atoms with van der Waals surface area (Å²) in [5, 5.41) is 6.88. The van der Waals surface area contributed by atoms with Gasteiger partial charge in [-0.2, -0.15) is 0 Å². The van der Waals surface area contributed by atoms with Crippen molar-refractivity contribution in [2.75, 3.05) is 0 Å². The van der Waals surface area contributed by atoms with E-state index in [0.29, 0.717) is 0 Å². The van der Waals surface area contributed by atoms with Crippen molar-refractivity contribution < 1.29 is 17.9 Å². The van der Waals surface area contributed by atoms with Crippen molar-refractivity contribution in [3.8, 4) is 11.5 Å². The summed E-state index contributed by atoms with van der Waals surface area (Å²) >= 11 is 5.54. The van der Waals surface area contributed by atoms with Gasteiger partial charge < -0.3 is 10.5 Å². The van der Waals surface area contributed by atoms with E-state index in [9.17, 15) is 13.2 Å². The lowest BCUT2D eigenvalue weighted by Crippen LogP contribution is -2.12. The Bertz CT molecular complexity index is 668. The smallest absolute Gasteiger partial charge is 0.198 e.